The minimum absolute atomic E-state index is 0.00551. The molecule has 1 aromatic heterocycles. The first kappa shape index (κ1) is 29.0. The Morgan fingerprint density at radius 1 is 1.02 bits per heavy atom. The Morgan fingerprint density at radius 2 is 1.68 bits per heavy atom. The predicted molar refractivity (Wildman–Crippen MR) is 162 cm³/mol. The monoisotopic (exact) mass is 561 g/mol. The molecule has 1 aromatic carbocycles. The van der Waals surface area contributed by atoms with E-state index in [4.69, 9.17) is 9.97 Å². The molecular formula is C35H51N3O3. The molecule has 4 aliphatic rings. The SMILES string of the molecule is CCNC(=O)CC[C@](C)(O)[C@H]1CC[C@]2(C)[C@@H]1[C@H](O)C[C@@H]1[C@@]3(C)Cc4nc5ccccc5nc4C(C)(C)[C@@H]3CC[C@]12C. The molecule has 3 saturated carbocycles. The minimum Gasteiger partial charge on any atom is -0.393 e. The van der Waals surface area contributed by atoms with E-state index in [0.29, 0.717) is 31.2 Å². The highest BCUT2D eigenvalue weighted by Crippen LogP contribution is 2.75. The number of aliphatic hydroxyl groups excluding tert-OH is 1. The van der Waals surface area contributed by atoms with Crippen molar-refractivity contribution in [1.82, 2.24) is 15.3 Å². The zero-order valence-electron chi connectivity index (χ0n) is 26.3. The normalized spacial score (nSPS) is 40.6. The fraction of sp³-hybridized carbons (Fsp3) is 0.743. The zero-order valence-corrected chi connectivity index (χ0v) is 26.3. The van der Waals surface area contributed by atoms with Crippen molar-refractivity contribution in [3.8, 4) is 0 Å². The molecule has 0 bridgehead atoms. The quantitative estimate of drug-likeness (QED) is 0.418. The number of benzene rings is 1. The number of hydrogen-bond acceptors (Lipinski definition) is 5. The van der Waals surface area contributed by atoms with E-state index in [1.807, 2.05) is 26.0 Å². The number of nitrogens with zero attached hydrogens (tertiary/aromatic N) is 2. The number of carbonyl (C=O) groups excluding carboxylic acids is 1. The summed E-state index contributed by atoms with van der Waals surface area (Å²) >= 11 is 0. The molecule has 0 aliphatic heterocycles. The van der Waals surface area contributed by atoms with Gasteiger partial charge in [-0.1, -0.05) is 46.8 Å². The van der Waals surface area contributed by atoms with Crippen LogP contribution >= 0.6 is 0 Å². The first-order valence-corrected chi connectivity index (χ1v) is 16.1. The number of rotatable bonds is 5. The van der Waals surface area contributed by atoms with Gasteiger partial charge in [-0.25, -0.2) is 9.97 Å². The maximum absolute atomic E-state index is 12.3. The average Bonchev–Trinajstić information content (AvgIpc) is 3.29. The van der Waals surface area contributed by atoms with Gasteiger partial charge in [-0.15, -0.1) is 0 Å². The van der Waals surface area contributed by atoms with Gasteiger partial charge in [0.2, 0.25) is 5.91 Å². The van der Waals surface area contributed by atoms with Crippen LogP contribution in [0.5, 0.6) is 0 Å². The summed E-state index contributed by atoms with van der Waals surface area (Å²) < 4.78 is 0. The van der Waals surface area contributed by atoms with E-state index in [0.717, 1.165) is 60.9 Å². The second kappa shape index (κ2) is 9.47. The minimum atomic E-state index is -0.985. The van der Waals surface area contributed by atoms with Crippen molar-refractivity contribution < 1.29 is 15.0 Å². The third-order valence-electron chi connectivity index (χ3n) is 13.4. The van der Waals surface area contributed by atoms with Gasteiger partial charge in [-0.2, -0.15) is 0 Å². The third-order valence-corrected chi connectivity index (χ3v) is 13.4. The fourth-order valence-corrected chi connectivity index (χ4v) is 11.3. The van der Waals surface area contributed by atoms with Crippen LogP contribution in [-0.4, -0.2) is 44.3 Å². The van der Waals surface area contributed by atoms with Crippen LogP contribution in [0.2, 0.25) is 0 Å². The summed E-state index contributed by atoms with van der Waals surface area (Å²) in [5, 5.41) is 26.7. The molecule has 41 heavy (non-hydrogen) atoms. The van der Waals surface area contributed by atoms with E-state index in [9.17, 15) is 15.0 Å². The summed E-state index contributed by atoms with van der Waals surface area (Å²) in [7, 11) is 0. The maximum Gasteiger partial charge on any atom is 0.220 e. The van der Waals surface area contributed by atoms with Gasteiger partial charge in [0, 0.05) is 18.4 Å². The van der Waals surface area contributed by atoms with Crippen LogP contribution in [0.1, 0.15) is 105 Å². The summed E-state index contributed by atoms with van der Waals surface area (Å²) in [6, 6.07) is 8.23. The Hall–Kier alpha value is -2.05. The van der Waals surface area contributed by atoms with Gasteiger partial charge in [0.25, 0.3) is 0 Å². The summed E-state index contributed by atoms with van der Waals surface area (Å²) in [6.07, 6.45) is 6.12. The van der Waals surface area contributed by atoms with E-state index in [1.54, 1.807) is 0 Å². The molecule has 4 aliphatic carbocycles. The molecule has 0 spiro atoms. The van der Waals surface area contributed by atoms with Crippen LogP contribution in [0.4, 0.5) is 0 Å². The molecule has 0 saturated heterocycles. The number of amides is 1. The third kappa shape index (κ3) is 4.06. The van der Waals surface area contributed by atoms with Crippen LogP contribution in [0, 0.1) is 39.9 Å². The number of aromatic nitrogens is 2. The lowest BCUT2D eigenvalue weighted by Gasteiger charge is -2.69. The molecule has 6 rings (SSSR count). The van der Waals surface area contributed by atoms with E-state index >= 15 is 0 Å². The number of carbonyl (C=O) groups is 1. The highest BCUT2D eigenvalue weighted by Gasteiger charge is 2.71. The smallest absolute Gasteiger partial charge is 0.220 e. The summed E-state index contributed by atoms with van der Waals surface area (Å²) in [5.41, 5.74) is 3.10. The molecule has 224 valence electrons. The summed E-state index contributed by atoms with van der Waals surface area (Å²) in [5.74, 6) is 0.819. The van der Waals surface area contributed by atoms with E-state index in [-0.39, 0.29) is 39.4 Å². The largest absolute Gasteiger partial charge is 0.393 e. The van der Waals surface area contributed by atoms with Crippen molar-refractivity contribution >= 4 is 16.9 Å². The molecule has 9 atom stereocenters. The van der Waals surface area contributed by atoms with Crippen LogP contribution in [0.15, 0.2) is 24.3 Å². The van der Waals surface area contributed by atoms with E-state index < -0.39 is 11.7 Å². The van der Waals surface area contributed by atoms with Crippen LogP contribution in [-0.2, 0) is 16.6 Å². The number of aliphatic hydroxyl groups is 2. The Kier molecular flexibility index (Phi) is 6.71. The van der Waals surface area contributed by atoms with Gasteiger partial charge in [0.1, 0.15) is 0 Å². The van der Waals surface area contributed by atoms with Crippen molar-refractivity contribution in [3.05, 3.63) is 35.7 Å². The van der Waals surface area contributed by atoms with Gasteiger partial charge < -0.3 is 15.5 Å². The lowest BCUT2D eigenvalue weighted by atomic mass is 9.35. The van der Waals surface area contributed by atoms with E-state index in [1.165, 1.54) is 0 Å². The lowest BCUT2D eigenvalue weighted by Crippen LogP contribution is -2.66. The topological polar surface area (TPSA) is 95.3 Å². The van der Waals surface area contributed by atoms with Crippen molar-refractivity contribution in [2.45, 2.75) is 117 Å². The number of para-hydroxylation sites is 2. The van der Waals surface area contributed by atoms with Gasteiger partial charge in [0.15, 0.2) is 0 Å². The Morgan fingerprint density at radius 3 is 2.37 bits per heavy atom. The van der Waals surface area contributed by atoms with Crippen LogP contribution in [0.25, 0.3) is 11.0 Å². The molecule has 6 nitrogen and oxygen atoms in total. The van der Waals surface area contributed by atoms with Gasteiger partial charge in [-0.3, -0.25) is 4.79 Å². The second-order valence-electron chi connectivity index (χ2n) is 15.7. The molecule has 3 fully saturated rings. The van der Waals surface area contributed by atoms with Crippen molar-refractivity contribution in [2.24, 2.45) is 39.9 Å². The molecular weight excluding hydrogens is 510 g/mol. The molecule has 3 N–H and O–H groups in total. The molecule has 0 unspecified atom stereocenters. The predicted octanol–water partition coefficient (Wildman–Crippen LogP) is 5.97. The molecule has 0 radical (unpaired) electrons. The summed E-state index contributed by atoms with van der Waals surface area (Å²) in [4.78, 5) is 22.7. The standard InChI is InChI=1S/C35H51N3O3/c1-8-36-28(40)15-18-35(7,41)21-13-16-34(6)29(21)25(39)19-27-32(4)20-24-30(38-23-12-10-9-11-22(23)37-24)31(2,3)26(32)14-17-33(27,34)5/h9-12,21,25-27,29,39,41H,8,13-20H2,1-7H3,(H,36,40)/t21-,25+,26-,27+,29-,32-,33+,34+,35-/m0/s1. The first-order valence-electron chi connectivity index (χ1n) is 16.1. The highest BCUT2D eigenvalue weighted by molar-refractivity contribution is 5.76. The maximum atomic E-state index is 12.3. The fourth-order valence-electron chi connectivity index (χ4n) is 11.3. The first-order chi connectivity index (χ1) is 19.2. The molecule has 6 heteroatoms. The second-order valence-corrected chi connectivity index (χ2v) is 15.7. The lowest BCUT2D eigenvalue weighted by molar-refractivity contribution is -0.224. The van der Waals surface area contributed by atoms with Crippen molar-refractivity contribution in [2.75, 3.05) is 6.54 Å². The Labute approximate surface area is 246 Å². The highest BCUT2D eigenvalue weighted by atomic mass is 16.3. The zero-order chi connectivity index (χ0) is 29.6. The number of fused-ring (bicyclic) bond motifs is 7. The molecule has 2 aromatic rings. The van der Waals surface area contributed by atoms with E-state index in [2.05, 4.69) is 52.1 Å². The Balaban J connectivity index is 1.36. The Bertz CT molecular complexity index is 1360. The van der Waals surface area contributed by atoms with Crippen molar-refractivity contribution in [3.63, 3.8) is 0 Å². The van der Waals surface area contributed by atoms with Gasteiger partial charge in [-0.05, 0) is 111 Å². The molecule has 1 amide bonds. The molecule has 1 heterocycles. The number of hydrogen-bond donors (Lipinski definition) is 3. The van der Waals surface area contributed by atoms with Crippen LogP contribution in [0.3, 0.4) is 0 Å². The average molecular weight is 562 g/mol. The van der Waals surface area contributed by atoms with Gasteiger partial charge >= 0.3 is 0 Å². The van der Waals surface area contributed by atoms with Crippen LogP contribution < -0.4 is 5.32 Å². The number of nitrogens with one attached hydrogen (secondary N) is 1. The van der Waals surface area contributed by atoms with Gasteiger partial charge in [0.05, 0.1) is 34.1 Å². The summed E-state index contributed by atoms with van der Waals surface area (Å²) in [6.45, 7) is 16.6. The van der Waals surface area contributed by atoms with Crippen molar-refractivity contribution in [1.29, 1.82) is 0 Å².